The SMILES string of the molecule is COC(=O)C[C@H](O)C[C@H](O)C=Cc1c(-c2ccc(F)cc2)c(-c2ccccc2)c(C(=O)NCc2ccc(OC(F)(F)F)cc2)n1C(C)C. The first-order valence-electron chi connectivity index (χ1n) is 15.1. The maximum Gasteiger partial charge on any atom is 0.573 e. The van der Waals surface area contributed by atoms with Crippen LogP contribution in [0, 0.1) is 5.82 Å². The molecule has 0 aliphatic rings. The number of alkyl halides is 3. The Hall–Kier alpha value is -4.94. The summed E-state index contributed by atoms with van der Waals surface area (Å²) in [7, 11) is 1.20. The minimum Gasteiger partial charge on any atom is -0.469 e. The third-order valence-electron chi connectivity index (χ3n) is 7.40. The lowest BCUT2D eigenvalue weighted by Gasteiger charge is -2.17. The van der Waals surface area contributed by atoms with Crippen LogP contribution in [0.4, 0.5) is 17.6 Å². The highest BCUT2D eigenvalue weighted by Crippen LogP contribution is 2.42. The fraction of sp³-hybridized carbons (Fsp3) is 0.278. The number of benzene rings is 3. The van der Waals surface area contributed by atoms with Crippen molar-refractivity contribution in [3.8, 4) is 28.0 Å². The zero-order chi connectivity index (χ0) is 35.0. The summed E-state index contributed by atoms with van der Waals surface area (Å²) in [6.45, 7) is 3.72. The van der Waals surface area contributed by atoms with Gasteiger partial charge in [0.25, 0.3) is 5.91 Å². The zero-order valence-electron chi connectivity index (χ0n) is 26.5. The summed E-state index contributed by atoms with van der Waals surface area (Å²) in [5.41, 5.74) is 3.66. The Morgan fingerprint density at radius 1 is 0.917 bits per heavy atom. The fourth-order valence-electron chi connectivity index (χ4n) is 5.32. The number of aliphatic hydroxyl groups excluding tert-OH is 2. The van der Waals surface area contributed by atoms with E-state index in [9.17, 15) is 37.4 Å². The molecule has 48 heavy (non-hydrogen) atoms. The van der Waals surface area contributed by atoms with E-state index in [2.05, 4.69) is 14.8 Å². The number of aliphatic hydroxyl groups is 2. The van der Waals surface area contributed by atoms with E-state index in [4.69, 9.17) is 0 Å². The number of nitrogens with zero attached hydrogens (tertiary/aromatic N) is 1. The molecule has 254 valence electrons. The molecule has 1 aromatic heterocycles. The normalized spacial score (nSPS) is 13.0. The van der Waals surface area contributed by atoms with Gasteiger partial charge in [0.15, 0.2) is 0 Å². The van der Waals surface area contributed by atoms with Crippen molar-refractivity contribution in [3.05, 3.63) is 108 Å². The molecule has 12 heteroatoms. The molecule has 1 amide bonds. The maximum atomic E-state index is 14.1. The van der Waals surface area contributed by atoms with Gasteiger partial charge in [-0.2, -0.15) is 0 Å². The molecule has 0 radical (unpaired) electrons. The van der Waals surface area contributed by atoms with Crippen molar-refractivity contribution in [2.24, 2.45) is 0 Å². The average molecular weight is 669 g/mol. The second kappa shape index (κ2) is 15.8. The van der Waals surface area contributed by atoms with Gasteiger partial charge in [-0.3, -0.25) is 9.59 Å². The topological polar surface area (TPSA) is 110 Å². The number of amides is 1. The van der Waals surface area contributed by atoms with E-state index in [-0.39, 0.29) is 31.1 Å². The molecule has 8 nitrogen and oxygen atoms in total. The highest BCUT2D eigenvalue weighted by atomic mass is 19.4. The number of carbonyl (C=O) groups is 2. The number of hydrogen-bond donors (Lipinski definition) is 3. The second-order valence-corrected chi connectivity index (χ2v) is 11.3. The van der Waals surface area contributed by atoms with Crippen molar-refractivity contribution in [2.45, 2.75) is 57.8 Å². The Morgan fingerprint density at radius 2 is 1.54 bits per heavy atom. The van der Waals surface area contributed by atoms with Crippen LogP contribution in [-0.2, 0) is 16.1 Å². The second-order valence-electron chi connectivity index (χ2n) is 11.3. The van der Waals surface area contributed by atoms with E-state index in [1.165, 1.54) is 37.5 Å². The predicted molar refractivity (Wildman–Crippen MR) is 172 cm³/mol. The van der Waals surface area contributed by atoms with Crippen molar-refractivity contribution in [1.82, 2.24) is 9.88 Å². The van der Waals surface area contributed by atoms with Gasteiger partial charge in [0, 0.05) is 35.8 Å². The Labute approximate surface area is 275 Å². The summed E-state index contributed by atoms with van der Waals surface area (Å²) >= 11 is 0. The molecule has 0 spiro atoms. The molecule has 1 heterocycles. The van der Waals surface area contributed by atoms with Crippen LogP contribution >= 0.6 is 0 Å². The summed E-state index contributed by atoms with van der Waals surface area (Å²) in [4.78, 5) is 25.7. The van der Waals surface area contributed by atoms with Crippen molar-refractivity contribution in [2.75, 3.05) is 7.11 Å². The Morgan fingerprint density at radius 3 is 2.12 bits per heavy atom. The summed E-state index contributed by atoms with van der Waals surface area (Å²) < 4.78 is 62.2. The Bertz CT molecular complexity index is 1720. The lowest BCUT2D eigenvalue weighted by atomic mass is 9.94. The number of halogens is 4. The largest absolute Gasteiger partial charge is 0.573 e. The number of nitrogens with one attached hydrogen (secondary N) is 1. The predicted octanol–water partition coefficient (Wildman–Crippen LogP) is 7.06. The number of carbonyl (C=O) groups excluding carboxylic acids is 2. The molecule has 4 rings (SSSR count). The van der Waals surface area contributed by atoms with E-state index in [1.54, 1.807) is 22.8 Å². The summed E-state index contributed by atoms with van der Waals surface area (Å²) in [6, 6.07) is 19.7. The van der Waals surface area contributed by atoms with Gasteiger partial charge in [0.05, 0.1) is 25.7 Å². The van der Waals surface area contributed by atoms with Gasteiger partial charge in [-0.1, -0.05) is 60.7 Å². The third-order valence-corrected chi connectivity index (χ3v) is 7.40. The van der Waals surface area contributed by atoms with Gasteiger partial charge in [-0.15, -0.1) is 13.2 Å². The smallest absolute Gasteiger partial charge is 0.469 e. The minimum atomic E-state index is -4.83. The van der Waals surface area contributed by atoms with Crippen LogP contribution in [0.3, 0.4) is 0 Å². The minimum absolute atomic E-state index is 0.0174. The lowest BCUT2D eigenvalue weighted by Crippen LogP contribution is -2.27. The van der Waals surface area contributed by atoms with E-state index in [0.717, 1.165) is 12.1 Å². The molecule has 3 N–H and O–H groups in total. The Balaban J connectivity index is 1.82. The molecular formula is C36H36F4N2O6. The molecule has 0 fully saturated rings. The molecule has 0 bridgehead atoms. The molecule has 4 aromatic rings. The van der Waals surface area contributed by atoms with Crippen LogP contribution in [0.2, 0.25) is 0 Å². The van der Waals surface area contributed by atoms with Gasteiger partial charge in [-0.05, 0) is 60.9 Å². The molecule has 0 saturated carbocycles. The molecular weight excluding hydrogens is 632 g/mol. The summed E-state index contributed by atoms with van der Waals surface area (Å²) in [5, 5.41) is 23.9. The van der Waals surface area contributed by atoms with Crippen LogP contribution in [0.1, 0.15) is 54.5 Å². The van der Waals surface area contributed by atoms with Gasteiger partial charge in [0.1, 0.15) is 17.3 Å². The first kappa shape index (κ1) is 35.9. The van der Waals surface area contributed by atoms with E-state index in [1.807, 2.05) is 44.2 Å². The van der Waals surface area contributed by atoms with Crippen molar-refractivity contribution in [1.29, 1.82) is 0 Å². The number of hydrogen-bond acceptors (Lipinski definition) is 6. The van der Waals surface area contributed by atoms with Crippen molar-refractivity contribution in [3.63, 3.8) is 0 Å². The van der Waals surface area contributed by atoms with Crippen LogP contribution in [0.5, 0.6) is 5.75 Å². The fourth-order valence-corrected chi connectivity index (χ4v) is 5.32. The number of aromatic nitrogens is 1. The van der Waals surface area contributed by atoms with E-state index < -0.39 is 42.0 Å². The maximum absolute atomic E-state index is 14.1. The van der Waals surface area contributed by atoms with Crippen LogP contribution in [0.15, 0.2) is 84.9 Å². The molecule has 0 aliphatic heterocycles. The molecule has 0 saturated heterocycles. The van der Waals surface area contributed by atoms with Gasteiger partial charge in [0.2, 0.25) is 0 Å². The standard InChI is InChI=1S/C36H36F4N2O6/c1-22(2)42-30(18-15-27(43)19-28(44)20-31(45)47-3)32(25-11-13-26(37)14-12-25)33(24-7-5-4-6-8-24)34(42)35(46)41-21-23-9-16-29(17-10-23)48-36(38,39)40/h4-18,22,27-28,43-44H,19-21H2,1-3H3,(H,41,46)/t27-,28-/m1/s1. The number of esters is 1. The van der Waals surface area contributed by atoms with Crippen molar-refractivity contribution >= 4 is 18.0 Å². The molecule has 2 atom stereocenters. The van der Waals surface area contributed by atoms with E-state index >= 15 is 0 Å². The van der Waals surface area contributed by atoms with Crippen LogP contribution in [0.25, 0.3) is 28.3 Å². The number of ether oxygens (including phenoxy) is 2. The van der Waals surface area contributed by atoms with Crippen LogP contribution < -0.4 is 10.1 Å². The quantitative estimate of drug-likeness (QED) is 0.104. The molecule has 0 unspecified atom stereocenters. The molecule has 3 aromatic carbocycles. The summed E-state index contributed by atoms with van der Waals surface area (Å²) in [5.74, 6) is -1.96. The first-order valence-corrected chi connectivity index (χ1v) is 15.1. The highest BCUT2D eigenvalue weighted by molar-refractivity contribution is 6.06. The number of rotatable bonds is 13. The Kier molecular flexibility index (Phi) is 11.8. The van der Waals surface area contributed by atoms with Gasteiger partial charge >= 0.3 is 12.3 Å². The van der Waals surface area contributed by atoms with E-state index in [0.29, 0.717) is 33.5 Å². The van der Waals surface area contributed by atoms with Gasteiger partial charge < -0.3 is 29.6 Å². The average Bonchev–Trinajstić information content (AvgIpc) is 3.38. The van der Waals surface area contributed by atoms with Crippen LogP contribution in [-0.4, -0.2) is 52.3 Å². The molecule has 0 aliphatic carbocycles. The lowest BCUT2D eigenvalue weighted by molar-refractivity contribution is -0.274. The zero-order valence-corrected chi connectivity index (χ0v) is 26.5. The third kappa shape index (κ3) is 9.33. The van der Waals surface area contributed by atoms with Gasteiger partial charge in [-0.25, -0.2) is 4.39 Å². The summed E-state index contributed by atoms with van der Waals surface area (Å²) in [6.07, 6.45) is -4.57. The monoisotopic (exact) mass is 668 g/mol. The number of methoxy groups -OCH3 is 1. The van der Waals surface area contributed by atoms with Crippen molar-refractivity contribution < 1.29 is 46.8 Å². The highest BCUT2D eigenvalue weighted by Gasteiger charge is 2.31. The first-order chi connectivity index (χ1) is 22.8.